The van der Waals surface area contributed by atoms with Crippen LogP contribution in [0.3, 0.4) is 0 Å². The van der Waals surface area contributed by atoms with E-state index in [0.29, 0.717) is 36.9 Å². The maximum atomic E-state index is 12.5. The van der Waals surface area contributed by atoms with Crippen LogP contribution < -0.4 is 10.2 Å². The molecule has 9 heteroatoms. The largest absolute Gasteiger partial charge is 0.344 e. The molecule has 0 aromatic carbocycles. The maximum Gasteiger partial charge on any atom is 0.275 e. The summed E-state index contributed by atoms with van der Waals surface area (Å²) in [6, 6.07) is 7.38. The Labute approximate surface area is 156 Å². The lowest BCUT2D eigenvalue weighted by Crippen LogP contribution is -3.15. The summed E-state index contributed by atoms with van der Waals surface area (Å²) in [6.07, 6.45) is 0. The van der Waals surface area contributed by atoms with Gasteiger partial charge in [-0.1, -0.05) is 12.1 Å². The Hall–Kier alpha value is -1.26. The van der Waals surface area contributed by atoms with Gasteiger partial charge in [0, 0.05) is 4.88 Å². The van der Waals surface area contributed by atoms with Gasteiger partial charge < -0.3 is 10.2 Å². The Kier molecular flexibility index (Phi) is 5.90. The van der Waals surface area contributed by atoms with E-state index in [9.17, 15) is 13.2 Å². The molecule has 0 spiro atoms. The van der Waals surface area contributed by atoms with Crippen molar-refractivity contribution >= 4 is 38.6 Å². The van der Waals surface area contributed by atoms with Crippen molar-refractivity contribution in [1.82, 2.24) is 9.62 Å². The van der Waals surface area contributed by atoms with Crippen molar-refractivity contribution < 1.29 is 18.1 Å². The first-order valence-electron chi connectivity index (χ1n) is 8.17. The number of carbonyl (C=O) groups is 1. The fraction of sp³-hybridized carbons (Fsp3) is 0.438. The van der Waals surface area contributed by atoms with Crippen molar-refractivity contribution in [3.8, 4) is 0 Å². The van der Waals surface area contributed by atoms with Crippen molar-refractivity contribution in [2.45, 2.75) is 17.2 Å². The molecule has 136 valence electrons. The predicted octanol–water partition coefficient (Wildman–Crippen LogP) is 0.576. The third-order valence-corrected chi connectivity index (χ3v) is 8.60. The molecule has 2 aromatic heterocycles. The summed E-state index contributed by atoms with van der Waals surface area (Å²) in [5, 5.41) is 6.78. The van der Waals surface area contributed by atoms with Gasteiger partial charge in [-0.3, -0.25) is 4.79 Å². The monoisotopic (exact) mass is 400 g/mol. The van der Waals surface area contributed by atoms with Crippen LogP contribution in [0.5, 0.6) is 0 Å². The number of thiophene rings is 2. The molecule has 1 aliphatic rings. The van der Waals surface area contributed by atoms with Gasteiger partial charge >= 0.3 is 0 Å². The number of carbonyl (C=O) groups excluding carboxylic acids is 1. The summed E-state index contributed by atoms with van der Waals surface area (Å²) in [5.41, 5.74) is 0. The van der Waals surface area contributed by atoms with Crippen LogP contribution >= 0.6 is 22.7 Å². The smallest absolute Gasteiger partial charge is 0.275 e. The second-order valence-electron chi connectivity index (χ2n) is 6.07. The van der Waals surface area contributed by atoms with Gasteiger partial charge in [0.15, 0.2) is 6.54 Å². The van der Waals surface area contributed by atoms with Crippen LogP contribution in [0, 0.1) is 0 Å². The lowest BCUT2D eigenvalue weighted by molar-refractivity contribution is -0.895. The van der Waals surface area contributed by atoms with Crippen LogP contribution in [0.25, 0.3) is 0 Å². The van der Waals surface area contributed by atoms with E-state index < -0.39 is 10.0 Å². The van der Waals surface area contributed by atoms with Crippen molar-refractivity contribution in [2.75, 3.05) is 32.7 Å². The van der Waals surface area contributed by atoms with E-state index in [1.54, 1.807) is 28.8 Å². The normalized spacial score (nSPS) is 18.1. The minimum atomic E-state index is -3.38. The molecule has 2 N–H and O–H groups in total. The van der Waals surface area contributed by atoms with Crippen LogP contribution in [-0.4, -0.2) is 51.4 Å². The van der Waals surface area contributed by atoms with Crippen LogP contribution in [-0.2, 0) is 14.8 Å². The zero-order chi connectivity index (χ0) is 17.9. The number of rotatable bonds is 6. The van der Waals surface area contributed by atoms with Crippen molar-refractivity contribution in [3.05, 3.63) is 39.9 Å². The summed E-state index contributed by atoms with van der Waals surface area (Å²) in [4.78, 5) is 14.5. The third kappa shape index (κ3) is 4.48. The minimum Gasteiger partial charge on any atom is -0.344 e. The van der Waals surface area contributed by atoms with E-state index in [1.165, 1.54) is 15.6 Å². The zero-order valence-electron chi connectivity index (χ0n) is 14.0. The average Bonchev–Trinajstić information content (AvgIpc) is 3.29. The molecule has 25 heavy (non-hydrogen) atoms. The molecule has 3 rings (SSSR count). The Morgan fingerprint density at radius 1 is 1.24 bits per heavy atom. The van der Waals surface area contributed by atoms with E-state index >= 15 is 0 Å². The van der Waals surface area contributed by atoms with Crippen molar-refractivity contribution in [3.63, 3.8) is 0 Å². The van der Waals surface area contributed by atoms with E-state index in [0.717, 1.165) is 9.78 Å². The number of amides is 1. The number of nitrogens with zero attached hydrogens (tertiary/aromatic N) is 1. The predicted molar refractivity (Wildman–Crippen MR) is 99.5 cm³/mol. The maximum absolute atomic E-state index is 12.5. The van der Waals surface area contributed by atoms with E-state index in [-0.39, 0.29) is 11.9 Å². The van der Waals surface area contributed by atoms with Gasteiger partial charge in [0.25, 0.3) is 15.9 Å². The second-order valence-corrected chi connectivity index (χ2v) is 10.2. The summed E-state index contributed by atoms with van der Waals surface area (Å²) >= 11 is 2.87. The Balaban J connectivity index is 1.48. The molecule has 2 aromatic rings. The molecule has 0 radical (unpaired) electrons. The molecule has 3 heterocycles. The molecule has 1 amide bonds. The average molecular weight is 401 g/mol. The van der Waals surface area contributed by atoms with E-state index in [1.807, 2.05) is 24.4 Å². The highest BCUT2D eigenvalue weighted by molar-refractivity contribution is 7.91. The molecule has 0 saturated carbocycles. The highest BCUT2D eigenvalue weighted by Crippen LogP contribution is 2.20. The van der Waals surface area contributed by atoms with Gasteiger partial charge in [-0.25, -0.2) is 8.42 Å². The van der Waals surface area contributed by atoms with Gasteiger partial charge in [0.05, 0.1) is 32.2 Å². The number of quaternary nitrogens is 1. The molecule has 0 unspecified atom stereocenters. The molecular weight excluding hydrogens is 378 g/mol. The second kappa shape index (κ2) is 7.96. The highest BCUT2D eigenvalue weighted by atomic mass is 32.2. The molecule has 1 fully saturated rings. The standard InChI is InChI=1S/C16H21N3O3S3/c1-13(14-4-2-10-23-14)17-15(20)12-18-6-8-19(9-7-18)25(21,22)16-5-3-11-24-16/h2-5,10-11,13H,6-9,12H2,1H3,(H,17,20)/p+1/t13-/m0/s1. The zero-order valence-corrected chi connectivity index (χ0v) is 16.4. The van der Waals surface area contributed by atoms with Crippen molar-refractivity contribution in [2.24, 2.45) is 0 Å². The molecule has 6 nitrogen and oxygen atoms in total. The quantitative estimate of drug-likeness (QED) is 0.745. The number of sulfonamides is 1. The topological polar surface area (TPSA) is 70.9 Å². The SMILES string of the molecule is C[C@H](NC(=O)C[NH+]1CCN(S(=O)(=O)c2cccs2)CC1)c1cccs1. The fourth-order valence-corrected chi connectivity index (χ4v) is 6.21. The van der Waals surface area contributed by atoms with E-state index in [2.05, 4.69) is 5.32 Å². The Morgan fingerprint density at radius 3 is 2.52 bits per heavy atom. The lowest BCUT2D eigenvalue weighted by Gasteiger charge is -2.31. The van der Waals surface area contributed by atoms with Gasteiger partial charge in [0.1, 0.15) is 4.21 Å². The first-order valence-corrected chi connectivity index (χ1v) is 11.4. The van der Waals surface area contributed by atoms with Gasteiger partial charge in [-0.05, 0) is 29.8 Å². The van der Waals surface area contributed by atoms with Crippen LogP contribution in [0.4, 0.5) is 0 Å². The molecular formula is C16H22N3O3S3+. The molecule has 1 saturated heterocycles. The number of nitrogens with one attached hydrogen (secondary N) is 2. The Morgan fingerprint density at radius 2 is 1.92 bits per heavy atom. The highest BCUT2D eigenvalue weighted by Gasteiger charge is 2.31. The molecule has 1 aliphatic heterocycles. The fourth-order valence-electron chi connectivity index (χ4n) is 2.89. The summed E-state index contributed by atoms with van der Waals surface area (Å²) in [7, 11) is -3.38. The summed E-state index contributed by atoms with van der Waals surface area (Å²) in [6.45, 7) is 4.54. The summed E-state index contributed by atoms with van der Waals surface area (Å²) < 4.78 is 26.9. The number of hydrogen-bond acceptors (Lipinski definition) is 5. The van der Waals surface area contributed by atoms with Gasteiger partial charge in [0.2, 0.25) is 0 Å². The number of piperazine rings is 1. The van der Waals surface area contributed by atoms with Gasteiger partial charge in [-0.15, -0.1) is 22.7 Å². The first kappa shape index (κ1) is 18.5. The van der Waals surface area contributed by atoms with E-state index in [4.69, 9.17) is 0 Å². The Bertz CT molecular complexity index is 780. The summed E-state index contributed by atoms with van der Waals surface area (Å²) in [5.74, 6) is 0.00506. The first-order chi connectivity index (χ1) is 12.0. The van der Waals surface area contributed by atoms with Gasteiger partial charge in [-0.2, -0.15) is 4.31 Å². The van der Waals surface area contributed by atoms with Crippen LogP contribution in [0.15, 0.2) is 39.2 Å². The molecule has 0 aliphatic carbocycles. The molecule has 1 atom stereocenters. The molecule has 0 bridgehead atoms. The van der Waals surface area contributed by atoms with Crippen molar-refractivity contribution in [1.29, 1.82) is 0 Å². The van der Waals surface area contributed by atoms with Crippen LogP contribution in [0.1, 0.15) is 17.8 Å². The third-order valence-electron chi connectivity index (χ3n) is 4.28. The number of hydrogen-bond donors (Lipinski definition) is 2. The minimum absolute atomic E-state index is 0.00506. The lowest BCUT2D eigenvalue weighted by atomic mass is 10.2. The van der Waals surface area contributed by atoms with Crippen LogP contribution in [0.2, 0.25) is 0 Å².